The van der Waals surface area contributed by atoms with Gasteiger partial charge in [0.15, 0.2) is 4.77 Å². The summed E-state index contributed by atoms with van der Waals surface area (Å²) in [5.41, 5.74) is 1.91. The Morgan fingerprint density at radius 1 is 1.26 bits per heavy atom. The first-order valence-corrected chi connectivity index (χ1v) is 10.5. The second kappa shape index (κ2) is 6.39. The molecule has 3 aliphatic rings. The van der Waals surface area contributed by atoms with E-state index in [1.165, 1.54) is 38.1 Å². The minimum atomic E-state index is -0.615. The zero-order chi connectivity index (χ0) is 18.8. The SMILES string of the molecule is Fc1ccc(Cl)c(F)c1[C@]12C[C@H]1c1c(CCCN3CCCC3)[nH]c(=S)n1C2. The van der Waals surface area contributed by atoms with Gasteiger partial charge in [-0.25, -0.2) is 8.78 Å². The average Bonchev–Trinajstić information content (AvgIpc) is 2.98. The summed E-state index contributed by atoms with van der Waals surface area (Å²) in [7, 11) is 0. The van der Waals surface area contributed by atoms with Gasteiger partial charge in [-0.3, -0.25) is 0 Å². The van der Waals surface area contributed by atoms with E-state index in [2.05, 4.69) is 14.5 Å². The Balaban J connectivity index is 1.41. The number of likely N-dealkylation sites (tertiary alicyclic amines) is 1. The van der Waals surface area contributed by atoms with Crippen molar-refractivity contribution in [2.24, 2.45) is 0 Å². The highest BCUT2D eigenvalue weighted by atomic mass is 35.5. The Kier molecular flexibility index (Phi) is 4.22. The molecular weight excluding hydrogens is 388 g/mol. The molecule has 2 aliphatic heterocycles. The van der Waals surface area contributed by atoms with Crippen molar-refractivity contribution >= 4 is 23.8 Å². The third-order valence-corrected chi connectivity index (χ3v) is 7.20. The van der Waals surface area contributed by atoms with Crippen LogP contribution in [-0.4, -0.2) is 34.1 Å². The maximum Gasteiger partial charge on any atom is 0.177 e. The largest absolute Gasteiger partial charge is 0.334 e. The fraction of sp³-hybridized carbons (Fsp3) is 0.550. The van der Waals surface area contributed by atoms with E-state index in [4.69, 9.17) is 23.8 Å². The molecule has 1 saturated heterocycles. The van der Waals surface area contributed by atoms with Gasteiger partial charge in [0.25, 0.3) is 0 Å². The molecule has 2 aromatic rings. The average molecular weight is 410 g/mol. The normalized spacial score (nSPS) is 26.4. The lowest BCUT2D eigenvalue weighted by molar-refractivity contribution is 0.333. The second-order valence-electron chi connectivity index (χ2n) is 8.16. The van der Waals surface area contributed by atoms with Crippen LogP contribution >= 0.6 is 23.8 Å². The first kappa shape index (κ1) is 17.8. The number of nitrogens with zero attached hydrogens (tertiary/aromatic N) is 2. The second-order valence-corrected chi connectivity index (χ2v) is 8.96. The summed E-state index contributed by atoms with van der Waals surface area (Å²) < 4.78 is 31.9. The van der Waals surface area contributed by atoms with Gasteiger partial charge in [0.2, 0.25) is 0 Å². The quantitative estimate of drug-likeness (QED) is 0.558. The van der Waals surface area contributed by atoms with Gasteiger partial charge in [0.05, 0.1) is 5.02 Å². The molecule has 1 saturated carbocycles. The van der Waals surface area contributed by atoms with E-state index in [1.54, 1.807) is 0 Å². The molecule has 3 nitrogen and oxygen atoms in total. The number of H-pyrrole nitrogens is 1. The molecule has 0 amide bonds. The lowest BCUT2D eigenvalue weighted by Gasteiger charge is -2.16. The Morgan fingerprint density at radius 2 is 2.04 bits per heavy atom. The standard InChI is InChI=1S/C20H22ClF2N3S/c21-13-5-6-14(22)16(17(13)23)20-10-12(20)18-15(24-19(27)26(18)11-20)4-3-9-25-7-1-2-8-25/h5-6,12H,1-4,7-11H2,(H,24,27)/t12-,20-/m0/s1. The number of halogens is 3. The molecule has 1 N–H and O–H groups in total. The van der Waals surface area contributed by atoms with Gasteiger partial charge in [0.1, 0.15) is 11.6 Å². The van der Waals surface area contributed by atoms with Crippen LogP contribution in [0.25, 0.3) is 0 Å². The number of aryl methyl sites for hydroxylation is 1. The number of aromatic amines is 1. The lowest BCUT2D eigenvalue weighted by Crippen LogP contribution is -2.20. The molecule has 2 atom stereocenters. The third kappa shape index (κ3) is 2.71. The van der Waals surface area contributed by atoms with Gasteiger partial charge >= 0.3 is 0 Å². The number of nitrogens with one attached hydrogen (secondary N) is 1. The molecule has 1 aromatic heterocycles. The molecular formula is C20H22ClF2N3S. The van der Waals surface area contributed by atoms with Crippen molar-refractivity contribution < 1.29 is 8.78 Å². The topological polar surface area (TPSA) is 24.0 Å². The number of aromatic nitrogens is 2. The monoisotopic (exact) mass is 409 g/mol. The van der Waals surface area contributed by atoms with Crippen LogP contribution in [0.4, 0.5) is 8.78 Å². The summed E-state index contributed by atoms with van der Waals surface area (Å²) in [6.45, 7) is 4.02. The van der Waals surface area contributed by atoms with Crippen LogP contribution in [0.3, 0.4) is 0 Å². The summed E-state index contributed by atoms with van der Waals surface area (Å²) in [5.74, 6) is -0.999. The first-order valence-electron chi connectivity index (χ1n) is 9.69. The minimum Gasteiger partial charge on any atom is -0.334 e. The third-order valence-electron chi connectivity index (χ3n) is 6.59. The van der Waals surface area contributed by atoms with Crippen molar-refractivity contribution in [2.45, 2.75) is 50.0 Å². The molecule has 3 heterocycles. The number of rotatable bonds is 5. The molecule has 1 aliphatic carbocycles. The van der Waals surface area contributed by atoms with Crippen molar-refractivity contribution in [3.63, 3.8) is 0 Å². The Bertz CT molecular complexity index is 963. The van der Waals surface area contributed by atoms with E-state index in [9.17, 15) is 8.78 Å². The van der Waals surface area contributed by atoms with E-state index in [0.29, 0.717) is 11.3 Å². The van der Waals surface area contributed by atoms with Crippen molar-refractivity contribution in [1.82, 2.24) is 14.5 Å². The molecule has 0 unspecified atom stereocenters. The zero-order valence-electron chi connectivity index (χ0n) is 15.0. The Hall–Kier alpha value is -1.24. The molecule has 2 fully saturated rings. The van der Waals surface area contributed by atoms with Crippen LogP contribution < -0.4 is 0 Å². The van der Waals surface area contributed by atoms with Crippen molar-refractivity contribution in [3.8, 4) is 0 Å². The van der Waals surface area contributed by atoms with Gasteiger partial charge in [-0.1, -0.05) is 11.6 Å². The fourth-order valence-electron chi connectivity index (χ4n) is 5.22. The van der Waals surface area contributed by atoms with E-state index in [-0.39, 0.29) is 16.5 Å². The molecule has 1 aromatic carbocycles. The summed E-state index contributed by atoms with van der Waals surface area (Å²) >= 11 is 11.4. The van der Waals surface area contributed by atoms with Gasteiger partial charge in [-0.15, -0.1) is 0 Å². The number of fused-ring (bicyclic) bond motifs is 3. The highest BCUT2D eigenvalue weighted by Crippen LogP contribution is 2.67. The van der Waals surface area contributed by atoms with Gasteiger partial charge in [0, 0.05) is 34.8 Å². The molecule has 0 bridgehead atoms. The predicted octanol–water partition coefficient (Wildman–Crippen LogP) is 4.94. The Morgan fingerprint density at radius 3 is 2.81 bits per heavy atom. The van der Waals surface area contributed by atoms with Crippen LogP contribution in [0.5, 0.6) is 0 Å². The van der Waals surface area contributed by atoms with Crippen LogP contribution in [-0.2, 0) is 18.4 Å². The van der Waals surface area contributed by atoms with Crippen LogP contribution in [0.1, 0.15) is 48.6 Å². The van der Waals surface area contributed by atoms with Crippen LogP contribution in [0, 0.1) is 16.4 Å². The maximum atomic E-state index is 14.7. The van der Waals surface area contributed by atoms with Gasteiger partial charge in [-0.2, -0.15) is 0 Å². The molecule has 27 heavy (non-hydrogen) atoms. The van der Waals surface area contributed by atoms with Crippen LogP contribution in [0.15, 0.2) is 12.1 Å². The maximum absolute atomic E-state index is 14.7. The number of benzene rings is 1. The van der Waals surface area contributed by atoms with Crippen molar-refractivity contribution in [1.29, 1.82) is 0 Å². The minimum absolute atomic E-state index is 0.0148. The van der Waals surface area contributed by atoms with Crippen molar-refractivity contribution in [2.75, 3.05) is 19.6 Å². The molecule has 144 valence electrons. The van der Waals surface area contributed by atoms with Crippen LogP contribution in [0.2, 0.25) is 5.02 Å². The number of imidazole rings is 1. The van der Waals surface area contributed by atoms with Gasteiger partial charge < -0.3 is 14.5 Å². The zero-order valence-corrected chi connectivity index (χ0v) is 16.6. The summed E-state index contributed by atoms with van der Waals surface area (Å²) in [5, 5.41) is -0.0148. The molecule has 7 heteroatoms. The van der Waals surface area contributed by atoms with Gasteiger partial charge in [-0.05, 0) is 76.1 Å². The van der Waals surface area contributed by atoms with E-state index >= 15 is 0 Å². The van der Waals surface area contributed by atoms with Crippen molar-refractivity contribution in [3.05, 3.63) is 50.5 Å². The summed E-state index contributed by atoms with van der Waals surface area (Å²) in [6.07, 6.45) is 5.35. The molecule has 0 radical (unpaired) electrons. The summed E-state index contributed by atoms with van der Waals surface area (Å²) in [4.78, 5) is 5.86. The predicted molar refractivity (Wildman–Crippen MR) is 104 cm³/mol. The van der Waals surface area contributed by atoms with E-state index in [1.807, 2.05) is 0 Å². The highest BCUT2D eigenvalue weighted by Gasteiger charge is 2.64. The van der Waals surface area contributed by atoms with E-state index < -0.39 is 17.0 Å². The van der Waals surface area contributed by atoms with E-state index in [0.717, 1.165) is 37.2 Å². The number of hydrogen-bond donors (Lipinski definition) is 1. The molecule has 5 rings (SSSR count). The fourth-order valence-corrected chi connectivity index (χ4v) is 5.67. The first-order chi connectivity index (χ1) is 13.0. The Labute approximate surface area is 167 Å². The highest BCUT2D eigenvalue weighted by molar-refractivity contribution is 7.71. The smallest absolute Gasteiger partial charge is 0.177 e. The number of hydrogen-bond acceptors (Lipinski definition) is 2. The molecule has 0 spiro atoms. The lowest BCUT2D eigenvalue weighted by atomic mass is 9.92. The summed E-state index contributed by atoms with van der Waals surface area (Å²) in [6, 6.07) is 2.56.